The van der Waals surface area contributed by atoms with Gasteiger partial charge < -0.3 is 9.84 Å². The molecular formula is C25H20F3N5O3. The molecule has 184 valence electrons. The lowest BCUT2D eigenvalue weighted by Gasteiger charge is -2.12. The largest absolute Gasteiger partial charge is 0.416 e. The number of nitrogens with zero attached hydrogens (tertiary/aromatic N) is 4. The van der Waals surface area contributed by atoms with Gasteiger partial charge in [-0.25, -0.2) is 9.97 Å². The van der Waals surface area contributed by atoms with Crippen LogP contribution in [-0.2, 0) is 6.18 Å². The third kappa shape index (κ3) is 5.62. The van der Waals surface area contributed by atoms with Gasteiger partial charge in [0.25, 0.3) is 5.91 Å². The number of halogens is 3. The van der Waals surface area contributed by atoms with Crippen LogP contribution in [0.25, 0.3) is 11.3 Å². The Hall–Kier alpha value is -4.41. The molecule has 36 heavy (non-hydrogen) atoms. The molecule has 0 unspecified atom stereocenters. The van der Waals surface area contributed by atoms with Gasteiger partial charge in [-0.15, -0.1) is 0 Å². The average molecular weight is 495 g/mol. The number of anilines is 1. The zero-order valence-electron chi connectivity index (χ0n) is 19.2. The van der Waals surface area contributed by atoms with Crippen molar-refractivity contribution in [3.05, 3.63) is 89.5 Å². The predicted octanol–water partition coefficient (Wildman–Crippen LogP) is 5.48. The Morgan fingerprint density at radius 1 is 1.11 bits per heavy atom. The van der Waals surface area contributed by atoms with Crippen LogP contribution < -0.4 is 5.32 Å². The number of benzene rings is 1. The number of hydrogen-bond acceptors (Lipinski definition) is 7. The molecule has 0 radical (unpaired) electrons. The first-order valence-corrected chi connectivity index (χ1v) is 10.8. The predicted molar refractivity (Wildman–Crippen MR) is 123 cm³/mol. The van der Waals surface area contributed by atoms with Crippen LogP contribution in [0.3, 0.4) is 0 Å². The molecule has 11 heteroatoms. The van der Waals surface area contributed by atoms with Crippen LogP contribution in [0, 0.1) is 6.92 Å². The number of pyridine rings is 1. The van der Waals surface area contributed by atoms with Crippen LogP contribution in [0.1, 0.15) is 57.1 Å². The smallest absolute Gasteiger partial charge is 0.351 e. The van der Waals surface area contributed by atoms with Gasteiger partial charge in [0.1, 0.15) is 12.0 Å². The van der Waals surface area contributed by atoms with Gasteiger partial charge in [0.2, 0.25) is 5.76 Å². The number of ketones is 1. The van der Waals surface area contributed by atoms with E-state index in [1.807, 2.05) is 6.07 Å². The van der Waals surface area contributed by atoms with E-state index in [0.29, 0.717) is 11.4 Å². The van der Waals surface area contributed by atoms with Crippen LogP contribution in [0.2, 0.25) is 0 Å². The molecule has 0 spiro atoms. The highest BCUT2D eigenvalue weighted by atomic mass is 19.4. The van der Waals surface area contributed by atoms with Crippen molar-refractivity contribution in [2.24, 2.45) is 0 Å². The number of rotatable bonds is 7. The number of Topliss-reactive ketones (excluding diaryl/α,β-unsaturated/α-hetero) is 1. The lowest BCUT2D eigenvalue weighted by Crippen LogP contribution is -2.13. The highest BCUT2D eigenvalue weighted by Gasteiger charge is 2.32. The molecule has 8 nitrogen and oxygen atoms in total. The van der Waals surface area contributed by atoms with Crippen LogP contribution in [0.5, 0.6) is 0 Å². The molecule has 0 saturated carbocycles. The number of aryl methyl sites for hydroxylation is 1. The van der Waals surface area contributed by atoms with Gasteiger partial charge in [-0.1, -0.05) is 18.1 Å². The number of carbonyl (C=O) groups is 2. The second kappa shape index (κ2) is 10.1. The Balaban J connectivity index is 1.43. The average Bonchev–Trinajstić information content (AvgIpc) is 3.36. The fourth-order valence-corrected chi connectivity index (χ4v) is 3.50. The first kappa shape index (κ1) is 24.7. The lowest BCUT2D eigenvalue weighted by molar-refractivity contribution is -0.138. The third-order valence-electron chi connectivity index (χ3n) is 5.46. The first-order valence-electron chi connectivity index (χ1n) is 10.8. The van der Waals surface area contributed by atoms with E-state index in [-0.39, 0.29) is 34.9 Å². The molecule has 0 aliphatic rings. The third-order valence-corrected chi connectivity index (χ3v) is 5.46. The highest BCUT2D eigenvalue weighted by molar-refractivity contribution is 6.02. The summed E-state index contributed by atoms with van der Waals surface area (Å²) in [6.45, 7) is 3.07. The van der Waals surface area contributed by atoms with Gasteiger partial charge in [0.15, 0.2) is 5.78 Å². The zero-order chi connectivity index (χ0) is 25.9. The van der Waals surface area contributed by atoms with Crippen molar-refractivity contribution in [1.82, 2.24) is 20.1 Å². The van der Waals surface area contributed by atoms with Crippen molar-refractivity contribution in [2.45, 2.75) is 32.4 Å². The van der Waals surface area contributed by atoms with E-state index in [2.05, 4.69) is 25.4 Å². The summed E-state index contributed by atoms with van der Waals surface area (Å²) >= 11 is 0. The summed E-state index contributed by atoms with van der Waals surface area (Å²) in [5.41, 5.74) is 1.02. The van der Waals surface area contributed by atoms with Crippen molar-refractivity contribution >= 4 is 17.4 Å². The molecule has 1 atom stereocenters. The molecule has 0 bridgehead atoms. The molecule has 1 aromatic carbocycles. The topological polar surface area (TPSA) is 111 Å². The molecule has 3 heterocycles. The lowest BCUT2D eigenvalue weighted by atomic mass is 9.98. The van der Waals surface area contributed by atoms with Crippen molar-refractivity contribution in [3.63, 3.8) is 0 Å². The number of nitrogens with one attached hydrogen (secondary N) is 1. The second-order valence-corrected chi connectivity index (χ2v) is 8.16. The van der Waals surface area contributed by atoms with E-state index < -0.39 is 23.6 Å². The van der Waals surface area contributed by atoms with Gasteiger partial charge >= 0.3 is 6.18 Å². The van der Waals surface area contributed by atoms with Crippen LogP contribution in [0.15, 0.2) is 65.7 Å². The molecule has 0 aliphatic heterocycles. The molecule has 1 N–H and O–H groups in total. The molecule has 0 fully saturated rings. The number of alkyl halides is 3. The number of amides is 1. The van der Waals surface area contributed by atoms with Crippen LogP contribution in [-0.4, -0.2) is 31.8 Å². The fourth-order valence-electron chi connectivity index (χ4n) is 3.50. The molecule has 4 rings (SSSR count). The van der Waals surface area contributed by atoms with E-state index >= 15 is 0 Å². The summed E-state index contributed by atoms with van der Waals surface area (Å²) in [6.07, 6.45) is 0.0415. The Kier molecular flexibility index (Phi) is 6.91. The first-order chi connectivity index (χ1) is 17.1. The van der Waals surface area contributed by atoms with E-state index in [4.69, 9.17) is 4.52 Å². The molecule has 0 saturated heterocycles. The maximum absolute atomic E-state index is 13.1. The van der Waals surface area contributed by atoms with Crippen LogP contribution >= 0.6 is 0 Å². The Labute approximate surface area is 203 Å². The normalized spacial score (nSPS) is 12.2. The van der Waals surface area contributed by atoms with E-state index in [1.165, 1.54) is 31.5 Å². The van der Waals surface area contributed by atoms with Gasteiger partial charge in [0.05, 0.1) is 17.0 Å². The molecule has 1 amide bonds. The Bertz CT molecular complexity index is 1400. The maximum atomic E-state index is 13.1. The Morgan fingerprint density at radius 3 is 2.64 bits per heavy atom. The number of carbonyl (C=O) groups excluding carboxylic acids is 2. The summed E-state index contributed by atoms with van der Waals surface area (Å²) in [4.78, 5) is 37.6. The van der Waals surface area contributed by atoms with E-state index in [9.17, 15) is 22.8 Å². The van der Waals surface area contributed by atoms with Crippen LogP contribution in [0.4, 0.5) is 18.9 Å². The summed E-state index contributed by atoms with van der Waals surface area (Å²) in [6, 6.07) is 9.99. The molecular weight excluding hydrogens is 475 g/mol. The monoisotopic (exact) mass is 495 g/mol. The zero-order valence-corrected chi connectivity index (χ0v) is 19.2. The van der Waals surface area contributed by atoms with Gasteiger partial charge in [-0.2, -0.15) is 13.2 Å². The fraction of sp³-hybridized carbons (Fsp3) is 0.200. The van der Waals surface area contributed by atoms with Gasteiger partial charge in [-0.3, -0.25) is 14.6 Å². The van der Waals surface area contributed by atoms with Gasteiger partial charge in [-0.05, 0) is 42.8 Å². The minimum atomic E-state index is -4.55. The van der Waals surface area contributed by atoms with Crippen molar-refractivity contribution in [2.75, 3.05) is 5.32 Å². The SMILES string of the molecule is Cc1ccc(NC(=O)c2cc([C@@H](C)CC(=O)c3cc(-c4cccnc4)ncn3)no2)cc1C(F)(F)F. The highest BCUT2D eigenvalue weighted by Crippen LogP contribution is 2.33. The Morgan fingerprint density at radius 2 is 1.92 bits per heavy atom. The van der Waals surface area contributed by atoms with Crippen molar-refractivity contribution in [3.8, 4) is 11.3 Å². The summed E-state index contributed by atoms with van der Waals surface area (Å²) in [5, 5.41) is 6.23. The molecule has 0 aliphatic carbocycles. The summed E-state index contributed by atoms with van der Waals surface area (Å²) in [7, 11) is 0. The minimum absolute atomic E-state index is 0.0317. The number of aromatic nitrogens is 4. The van der Waals surface area contributed by atoms with E-state index in [0.717, 1.165) is 11.6 Å². The second-order valence-electron chi connectivity index (χ2n) is 8.16. The number of hydrogen-bond donors (Lipinski definition) is 1. The molecule has 4 aromatic rings. The van der Waals surface area contributed by atoms with E-state index in [1.54, 1.807) is 31.5 Å². The minimum Gasteiger partial charge on any atom is -0.351 e. The standard InChI is InChI=1S/C25H20F3N5O3/c1-14-5-6-17(9-18(14)25(26,27)28)32-24(35)23-11-19(33-36-23)15(2)8-22(34)21-10-20(30-13-31-21)16-4-3-7-29-12-16/h3-7,9-13,15H,8H2,1-2H3,(H,32,35)/t15-/m0/s1. The molecule has 3 aromatic heterocycles. The van der Waals surface area contributed by atoms with Crippen molar-refractivity contribution in [1.29, 1.82) is 0 Å². The van der Waals surface area contributed by atoms with Crippen molar-refractivity contribution < 1.29 is 27.3 Å². The maximum Gasteiger partial charge on any atom is 0.416 e. The van der Waals surface area contributed by atoms with Gasteiger partial charge in [0, 0.05) is 42.0 Å². The quantitative estimate of drug-likeness (QED) is 0.338. The summed E-state index contributed by atoms with van der Waals surface area (Å²) < 4.78 is 44.5. The summed E-state index contributed by atoms with van der Waals surface area (Å²) in [5.74, 6) is -1.64.